The van der Waals surface area contributed by atoms with Crippen molar-refractivity contribution in [3.63, 3.8) is 0 Å². The van der Waals surface area contributed by atoms with Crippen LogP contribution in [-0.4, -0.2) is 97.3 Å². The Morgan fingerprint density at radius 3 is 2.16 bits per heavy atom. The van der Waals surface area contributed by atoms with Crippen LogP contribution in [0.25, 0.3) is 11.3 Å². The zero-order chi connectivity index (χ0) is 30.5. The van der Waals surface area contributed by atoms with E-state index in [1.165, 1.54) is 44.7 Å². The van der Waals surface area contributed by atoms with E-state index in [0.29, 0.717) is 29.5 Å². The van der Waals surface area contributed by atoms with E-state index in [2.05, 4.69) is 44.5 Å². The molecule has 6 rings (SSSR count). The van der Waals surface area contributed by atoms with Crippen LogP contribution in [-0.2, 0) is 4.74 Å². The van der Waals surface area contributed by atoms with Gasteiger partial charge in [0.15, 0.2) is 17.3 Å². The smallest absolute Gasteiger partial charge is 0.271 e. The van der Waals surface area contributed by atoms with Crippen molar-refractivity contribution in [3.05, 3.63) is 60.3 Å². The first-order valence-electron chi connectivity index (χ1n) is 16.1. The SMILES string of the molecule is COC1CCC(Nc2nc(Nc3ccc(N4CCC(N5CCN(C)CC5)CC4)cc3)c(C(N)=O)nc2-c2ccccc2)CC1. The van der Waals surface area contributed by atoms with Crippen LogP contribution in [0.15, 0.2) is 54.6 Å². The second-order valence-electron chi connectivity index (χ2n) is 12.4. The third-order valence-electron chi connectivity index (χ3n) is 9.54. The third kappa shape index (κ3) is 7.14. The lowest BCUT2D eigenvalue weighted by molar-refractivity contribution is 0.0681. The Hall–Kier alpha value is -3.73. The number of benzene rings is 2. The summed E-state index contributed by atoms with van der Waals surface area (Å²) in [6.45, 7) is 6.80. The fourth-order valence-electron chi connectivity index (χ4n) is 6.80. The highest BCUT2D eigenvalue weighted by molar-refractivity contribution is 5.97. The summed E-state index contributed by atoms with van der Waals surface area (Å²) in [5, 5.41) is 6.98. The number of primary amides is 1. The van der Waals surface area contributed by atoms with Crippen molar-refractivity contribution < 1.29 is 9.53 Å². The van der Waals surface area contributed by atoms with Crippen LogP contribution < -0.4 is 21.3 Å². The molecule has 234 valence electrons. The van der Waals surface area contributed by atoms with Gasteiger partial charge in [0, 0.05) is 75.4 Å². The minimum Gasteiger partial charge on any atom is -0.381 e. The molecule has 0 atom stereocenters. The number of nitrogens with zero attached hydrogens (tertiary/aromatic N) is 5. The van der Waals surface area contributed by atoms with Gasteiger partial charge in [0.05, 0.1) is 6.10 Å². The normalized spacial score (nSPS) is 22.1. The van der Waals surface area contributed by atoms with Crippen LogP contribution >= 0.6 is 0 Å². The number of carbonyl (C=O) groups is 1. The van der Waals surface area contributed by atoms with Crippen LogP contribution in [0, 0.1) is 0 Å². The lowest BCUT2D eigenvalue weighted by atomic mass is 9.93. The standard InChI is InChI=1S/C34H46N8O2/c1-40-20-22-42(23-21-40)28-16-18-41(19-17-28)27-12-8-25(9-13-27)37-34-31(32(35)43)38-30(24-6-4-3-5-7-24)33(39-34)36-26-10-14-29(44-2)15-11-26/h3-9,12-13,26,28-29H,10-11,14-23H2,1-2H3,(H2,35,43)(H2,36,37,39). The predicted molar refractivity (Wildman–Crippen MR) is 177 cm³/mol. The highest BCUT2D eigenvalue weighted by Crippen LogP contribution is 2.32. The molecule has 44 heavy (non-hydrogen) atoms. The Labute approximate surface area is 261 Å². The molecule has 1 amide bonds. The maximum absolute atomic E-state index is 12.6. The second kappa shape index (κ2) is 13.9. The van der Waals surface area contributed by atoms with Crippen molar-refractivity contribution in [1.82, 2.24) is 19.8 Å². The summed E-state index contributed by atoms with van der Waals surface area (Å²) in [6, 6.07) is 19.1. The highest BCUT2D eigenvalue weighted by atomic mass is 16.5. The molecule has 10 heteroatoms. The number of nitrogens with two attached hydrogens (primary N) is 1. The number of rotatable bonds is 9. The zero-order valence-electron chi connectivity index (χ0n) is 26.0. The fraction of sp³-hybridized carbons (Fsp3) is 0.500. The average Bonchev–Trinajstić information content (AvgIpc) is 3.06. The third-order valence-corrected chi connectivity index (χ3v) is 9.54. The number of hydrogen-bond acceptors (Lipinski definition) is 9. The molecule has 2 aliphatic heterocycles. The van der Waals surface area contributed by atoms with Crippen LogP contribution in [0.5, 0.6) is 0 Å². The number of methoxy groups -OCH3 is 1. The molecule has 2 saturated heterocycles. The Morgan fingerprint density at radius 2 is 1.52 bits per heavy atom. The number of nitrogens with one attached hydrogen (secondary N) is 2. The van der Waals surface area contributed by atoms with Gasteiger partial charge < -0.3 is 30.9 Å². The van der Waals surface area contributed by atoms with E-state index in [-0.39, 0.29) is 11.7 Å². The largest absolute Gasteiger partial charge is 0.381 e. The van der Waals surface area contributed by atoms with Gasteiger partial charge in [-0.3, -0.25) is 9.69 Å². The number of hydrogen-bond donors (Lipinski definition) is 3. The van der Waals surface area contributed by atoms with Gasteiger partial charge in [-0.15, -0.1) is 0 Å². The molecule has 3 heterocycles. The predicted octanol–water partition coefficient (Wildman–Crippen LogP) is 4.57. The van der Waals surface area contributed by atoms with Crippen LogP contribution in [0.3, 0.4) is 0 Å². The summed E-state index contributed by atoms with van der Waals surface area (Å²) >= 11 is 0. The quantitative estimate of drug-likeness (QED) is 0.326. The molecule has 3 aromatic rings. The van der Waals surface area contributed by atoms with Crippen LogP contribution in [0.1, 0.15) is 49.0 Å². The van der Waals surface area contributed by atoms with Crippen molar-refractivity contribution in [3.8, 4) is 11.3 Å². The van der Waals surface area contributed by atoms with E-state index < -0.39 is 5.91 Å². The summed E-state index contributed by atoms with van der Waals surface area (Å²) in [5.41, 5.74) is 9.50. The summed E-state index contributed by atoms with van der Waals surface area (Å²) < 4.78 is 5.57. The van der Waals surface area contributed by atoms with Gasteiger partial charge in [0.2, 0.25) is 0 Å². The lowest BCUT2D eigenvalue weighted by Crippen LogP contribution is -2.52. The number of piperazine rings is 1. The van der Waals surface area contributed by atoms with Gasteiger partial charge in [0.25, 0.3) is 5.91 Å². The number of amides is 1. The van der Waals surface area contributed by atoms with E-state index in [1.54, 1.807) is 7.11 Å². The van der Waals surface area contributed by atoms with Crippen molar-refractivity contribution in [1.29, 1.82) is 0 Å². The first kappa shape index (κ1) is 30.3. The van der Waals surface area contributed by atoms with Crippen LogP contribution in [0.2, 0.25) is 0 Å². The number of carbonyl (C=O) groups excluding carboxylic acids is 1. The molecule has 0 unspecified atom stereocenters. The van der Waals surface area contributed by atoms with E-state index in [9.17, 15) is 4.79 Å². The van der Waals surface area contributed by atoms with Gasteiger partial charge in [-0.1, -0.05) is 30.3 Å². The van der Waals surface area contributed by atoms with Crippen LogP contribution in [0.4, 0.5) is 23.0 Å². The first-order valence-corrected chi connectivity index (χ1v) is 16.1. The highest BCUT2D eigenvalue weighted by Gasteiger charge is 2.27. The van der Waals surface area contributed by atoms with Crippen molar-refractivity contribution in [2.45, 2.75) is 56.7 Å². The summed E-state index contributed by atoms with van der Waals surface area (Å²) in [7, 11) is 3.99. The molecule has 0 radical (unpaired) electrons. The Balaban J connectivity index is 1.18. The molecule has 2 aromatic carbocycles. The molecular weight excluding hydrogens is 552 g/mol. The molecule has 0 bridgehead atoms. The van der Waals surface area contributed by atoms with E-state index in [1.807, 2.05) is 42.5 Å². The summed E-state index contributed by atoms with van der Waals surface area (Å²) in [6.07, 6.45) is 6.62. The van der Waals surface area contributed by atoms with Gasteiger partial charge in [-0.2, -0.15) is 0 Å². The molecule has 3 fully saturated rings. The Bertz CT molecular complexity index is 1380. The molecular formula is C34H46N8O2. The molecule has 1 aliphatic carbocycles. The number of anilines is 4. The minimum absolute atomic E-state index is 0.118. The van der Waals surface area contributed by atoms with Gasteiger partial charge in [0.1, 0.15) is 5.69 Å². The monoisotopic (exact) mass is 598 g/mol. The van der Waals surface area contributed by atoms with Gasteiger partial charge in [-0.05, 0) is 69.8 Å². The van der Waals surface area contributed by atoms with Crippen molar-refractivity contribution in [2.24, 2.45) is 5.73 Å². The topological polar surface area (TPSA) is 112 Å². The van der Waals surface area contributed by atoms with Gasteiger partial charge >= 0.3 is 0 Å². The first-order chi connectivity index (χ1) is 21.5. The number of piperidine rings is 1. The molecule has 10 nitrogen and oxygen atoms in total. The Kier molecular flexibility index (Phi) is 9.59. The summed E-state index contributed by atoms with van der Waals surface area (Å²) in [5.74, 6) is 0.375. The van der Waals surface area contributed by atoms with E-state index >= 15 is 0 Å². The zero-order valence-corrected chi connectivity index (χ0v) is 26.0. The average molecular weight is 599 g/mol. The molecule has 4 N–H and O–H groups in total. The number of likely N-dealkylation sites (N-methyl/N-ethyl adjacent to an activating group) is 1. The molecule has 1 aromatic heterocycles. The maximum Gasteiger partial charge on any atom is 0.271 e. The van der Waals surface area contributed by atoms with E-state index in [4.69, 9.17) is 20.4 Å². The maximum atomic E-state index is 12.6. The molecule has 3 aliphatic rings. The van der Waals surface area contributed by atoms with Gasteiger partial charge in [-0.25, -0.2) is 9.97 Å². The summed E-state index contributed by atoms with van der Waals surface area (Å²) in [4.78, 5) is 29.9. The molecule has 0 spiro atoms. The lowest BCUT2D eigenvalue weighted by Gasteiger charge is -2.42. The van der Waals surface area contributed by atoms with Crippen molar-refractivity contribution in [2.75, 3.05) is 69.0 Å². The van der Waals surface area contributed by atoms with Crippen molar-refractivity contribution >= 4 is 28.9 Å². The number of aromatic nitrogens is 2. The second-order valence-corrected chi connectivity index (χ2v) is 12.4. The van der Waals surface area contributed by atoms with E-state index in [0.717, 1.165) is 50.0 Å². The fourth-order valence-corrected chi connectivity index (χ4v) is 6.80. The Morgan fingerprint density at radius 1 is 0.841 bits per heavy atom. The minimum atomic E-state index is -0.621. The number of ether oxygens (including phenoxy) is 1. The molecule has 1 saturated carbocycles.